The number of hydrogen-bond acceptors (Lipinski definition) is 7. The average molecular weight is 426 g/mol. The van der Waals surface area contributed by atoms with E-state index in [0.29, 0.717) is 12.0 Å². The Bertz CT molecular complexity index is 1030. The molecule has 0 radical (unpaired) electrons. The molecule has 1 N–H and O–H groups in total. The van der Waals surface area contributed by atoms with Crippen molar-refractivity contribution in [2.24, 2.45) is 0 Å². The Morgan fingerprint density at radius 3 is 2.38 bits per heavy atom. The molecule has 26 heavy (non-hydrogen) atoms. The Balaban J connectivity index is 1.94. The average Bonchev–Trinajstić information content (AvgIpc) is 3.00. The van der Waals surface area contributed by atoms with Crippen molar-refractivity contribution in [3.05, 3.63) is 29.6 Å². The molecule has 2 fully saturated rings. The van der Waals surface area contributed by atoms with E-state index in [1.807, 2.05) is 0 Å². The molecular weight excluding hydrogens is 405 g/mol. The van der Waals surface area contributed by atoms with Crippen molar-refractivity contribution in [1.82, 2.24) is 5.32 Å². The van der Waals surface area contributed by atoms with Crippen LogP contribution in [-0.2, 0) is 29.5 Å². The van der Waals surface area contributed by atoms with Gasteiger partial charge in [-0.1, -0.05) is 6.07 Å². The largest absolute Gasteiger partial charge is 0.308 e. The molecule has 1 aromatic rings. The van der Waals surface area contributed by atoms with Gasteiger partial charge < -0.3 is 5.32 Å². The van der Waals surface area contributed by atoms with Crippen LogP contribution in [0, 0.1) is 12.7 Å². The lowest BCUT2D eigenvalue weighted by Crippen LogP contribution is -2.48. The predicted octanol–water partition coefficient (Wildman–Crippen LogP) is -0.150. The lowest BCUT2D eigenvalue weighted by molar-refractivity contribution is 0.467. The Morgan fingerprint density at radius 2 is 1.77 bits per heavy atom. The zero-order chi connectivity index (χ0) is 19.3. The van der Waals surface area contributed by atoms with Crippen molar-refractivity contribution in [1.29, 1.82) is 0 Å². The van der Waals surface area contributed by atoms with Gasteiger partial charge >= 0.3 is 0 Å². The summed E-state index contributed by atoms with van der Waals surface area (Å²) in [7, 11) is -11.1. The Kier molecular flexibility index (Phi) is 4.96. The summed E-state index contributed by atoms with van der Waals surface area (Å²) in [4.78, 5) is -0.523. The van der Waals surface area contributed by atoms with Crippen LogP contribution >= 0.6 is 0 Å². The highest BCUT2D eigenvalue weighted by Crippen LogP contribution is 2.29. The van der Waals surface area contributed by atoms with Crippen molar-refractivity contribution in [3.8, 4) is 0 Å². The van der Waals surface area contributed by atoms with Gasteiger partial charge in [-0.3, -0.25) is 0 Å². The van der Waals surface area contributed by atoms with E-state index in [0.717, 1.165) is 6.07 Å². The lowest BCUT2D eigenvalue weighted by Gasteiger charge is -2.23. The summed E-state index contributed by atoms with van der Waals surface area (Å²) in [5.74, 6) is -2.13. The first-order chi connectivity index (χ1) is 11.9. The van der Waals surface area contributed by atoms with E-state index in [2.05, 4.69) is 5.32 Å². The topological polar surface area (TPSA) is 114 Å². The van der Waals surface area contributed by atoms with Crippen LogP contribution in [0.15, 0.2) is 23.1 Å². The third kappa shape index (κ3) is 3.95. The number of rotatable bonds is 4. The number of nitrogens with one attached hydrogen (secondary N) is 1. The van der Waals surface area contributed by atoms with Crippen LogP contribution in [0.2, 0.25) is 0 Å². The van der Waals surface area contributed by atoms with Gasteiger partial charge in [-0.2, -0.15) is 0 Å². The van der Waals surface area contributed by atoms with Crippen LogP contribution in [0.4, 0.5) is 4.39 Å². The van der Waals surface area contributed by atoms with E-state index in [1.165, 1.54) is 12.1 Å². The molecule has 2 aliphatic heterocycles. The molecular formula is C15H20FNO6S3. The Morgan fingerprint density at radius 1 is 1.08 bits per heavy atom. The molecule has 1 unspecified atom stereocenters. The van der Waals surface area contributed by atoms with Gasteiger partial charge in [0, 0.05) is 12.1 Å². The molecule has 0 spiro atoms. The van der Waals surface area contributed by atoms with Gasteiger partial charge in [-0.15, -0.1) is 0 Å². The maximum atomic E-state index is 14.1. The van der Waals surface area contributed by atoms with Crippen molar-refractivity contribution in [2.75, 3.05) is 23.0 Å². The van der Waals surface area contributed by atoms with Gasteiger partial charge in [-0.05, 0) is 31.0 Å². The molecule has 2 saturated heterocycles. The molecule has 0 aliphatic carbocycles. The maximum absolute atomic E-state index is 14.1. The van der Waals surface area contributed by atoms with Crippen molar-refractivity contribution in [3.63, 3.8) is 0 Å². The summed E-state index contributed by atoms with van der Waals surface area (Å²) in [5, 5.41) is 1.53. The van der Waals surface area contributed by atoms with Gasteiger partial charge in [0.15, 0.2) is 29.5 Å². The van der Waals surface area contributed by atoms with Gasteiger partial charge in [0.05, 0.1) is 28.3 Å². The van der Waals surface area contributed by atoms with Crippen LogP contribution < -0.4 is 5.32 Å². The Labute approximate surface area is 152 Å². The van der Waals surface area contributed by atoms with E-state index in [1.54, 1.807) is 6.92 Å². The first-order valence-electron chi connectivity index (χ1n) is 8.07. The normalized spacial score (nSPS) is 30.5. The highest BCUT2D eigenvalue weighted by Gasteiger charge is 2.47. The van der Waals surface area contributed by atoms with Crippen LogP contribution in [-0.4, -0.2) is 65.6 Å². The SMILES string of the molecule is Cc1ccc(F)c(S(=O)(=O)[C@H]2CS(=O)(=O)C[C@@H]2NC2CCS(=O)(=O)C2)c1. The fraction of sp³-hybridized carbons (Fsp3) is 0.600. The zero-order valence-electron chi connectivity index (χ0n) is 14.1. The third-order valence-corrected chi connectivity index (χ3v) is 10.7. The molecule has 146 valence electrons. The molecule has 3 atom stereocenters. The molecule has 0 aromatic heterocycles. The second kappa shape index (κ2) is 6.54. The minimum atomic E-state index is -4.25. The van der Waals surface area contributed by atoms with Crippen molar-refractivity contribution >= 4 is 29.5 Å². The summed E-state index contributed by atoms with van der Waals surface area (Å²) in [6.45, 7) is 1.61. The van der Waals surface area contributed by atoms with Gasteiger partial charge in [0.1, 0.15) is 10.7 Å². The summed E-state index contributed by atoms with van der Waals surface area (Å²) >= 11 is 0. The molecule has 7 nitrogen and oxygen atoms in total. The zero-order valence-corrected chi connectivity index (χ0v) is 16.5. The van der Waals surface area contributed by atoms with E-state index in [-0.39, 0.29) is 11.5 Å². The maximum Gasteiger partial charge on any atom is 0.186 e. The number of sulfone groups is 3. The van der Waals surface area contributed by atoms with E-state index in [4.69, 9.17) is 0 Å². The van der Waals surface area contributed by atoms with Crippen LogP contribution in [0.1, 0.15) is 12.0 Å². The van der Waals surface area contributed by atoms with Crippen LogP contribution in [0.5, 0.6) is 0 Å². The van der Waals surface area contributed by atoms with Gasteiger partial charge in [0.2, 0.25) is 0 Å². The lowest BCUT2D eigenvalue weighted by atomic mass is 10.2. The highest BCUT2D eigenvalue weighted by atomic mass is 32.2. The summed E-state index contributed by atoms with van der Waals surface area (Å²) in [6.07, 6.45) is 0.296. The van der Waals surface area contributed by atoms with Gasteiger partial charge in [-0.25, -0.2) is 29.6 Å². The smallest absolute Gasteiger partial charge is 0.186 e. The van der Waals surface area contributed by atoms with E-state index < -0.39 is 69.1 Å². The summed E-state index contributed by atoms with van der Waals surface area (Å²) < 4.78 is 87.3. The highest BCUT2D eigenvalue weighted by molar-refractivity contribution is 7.96. The van der Waals surface area contributed by atoms with Crippen LogP contribution in [0.3, 0.4) is 0 Å². The fourth-order valence-electron chi connectivity index (χ4n) is 3.50. The first kappa shape index (κ1) is 19.7. The molecule has 0 bridgehead atoms. The third-order valence-electron chi connectivity index (χ3n) is 4.77. The van der Waals surface area contributed by atoms with E-state index >= 15 is 0 Å². The first-order valence-corrected chi connectivity index (χ1v) is 13.3. The monoisotopic (exact) mass is 425 g/mol. The fourth-order valence-corrected chi connectivity index (χ4v) is 10.0. The summed E-state index contributed by atoms with van der Waals surface area (Å²) in [6, 6.07) is 2.19. The molecule has 2 aliphatic rings. The quantitative estimate of drug-likeness (QED) is 0.713. The van der Waals surface area contributed by atoms with Crippen molar-refractivity contribution < 1.29 is 29.6 Å². The van der Waals surface area contributed by atoms with E-state index in [9.17, 15) is 29.6 Å². The number of halogens is 1. The molecule has 1 aromatic carbocycles. The predicted molar refractivity (Wildman–Crippen MR) is 94.7 cm³/mol. The number of benzene rings is 1. The second-order valence-electron chi connectivity index (χ2n) is 6.97. The Hall–Kier alpha value is -1.04. The number of aryl methyl sites for hydroxylation is 1. The second-order valence-corrected chi connectivity index (χ2v) is 13.5. The van der Waals surface area contributed by atoms with Gasteiger partial charge in [0.25, 0.3) is 0 Å². The molecule has 3 rings (SSSR count). The minimum Gasteiger partial charge on any atom is -0.308 e. The van der Waals surface area contributed by atoms with Crippen LogP contribution in [0.25, 0.3) is 0 Å². The molecule has 0 amide bonds. The number of hydrogen-bond donors (Lipinski definition) is 1. The molecule has 2 heterocycles. The summed E-state index contributed by atoms with van der Waals surface area (Å²) in [5.41, 5.74) is 0.539. The standard InChI is InChI=1S/C15H20FNO6S3/c1-10-2-3-12(16)14(6-10)26(22,23)15-9-25(20,21)8-13(15)17-11-4-5-24(18,19)7-11/h2-3,6,11,13,15,17H,4-5,7-9H2,1H3/t11?,13-,15-/m0/s1. The molecule has 0 saturated carbocycles. The van der Waals surface area contributed by atoms with Crippen molar-refractivity contribution in [2.45, 2.75) is 35.6 Å². The minimum absolute atomic E-state index is 0.0198. The molecule has 11 heteroatoms.